The summed E-state index contributed by atoms with van der Waals surface area (Å²) in [5.74, 6) is 3.99. The van der Waals surface area contributed by atoms with Gasteiger partial charge < -0.3 is 0 Å². The number of halogens is 6. The maximum atomic E-state index is 12.6. The predicted octanol–water partition coefficient (Wildman–Crippen LogP) is 25.3. The lowest BCUT2D eigenvalue weighted by molar-refractivity contribution is 0.308. The van der Waals surface area contributed by atoms with Gasteiger partial charge in [-0.2, -0.15) is 0 Å². The summed E-state index contributed by atoms with van der Waals surface area (Å²) < 4.78 is 75.6. The van der Waals surface area contributed by atoms with Crippen LogP contribution in [-0.4, -0.2) is 0 Å². The topological polar surface area (TPSA) is 0 Å². The molecule has 6 heteroatoms. The molecule has 0 N–H and O–H groups in total. The smallest absolute Gasteiger partial charge is 0.129 e. The highest BCUT2D eigenvalue weighted by atomic mass is 19.2. The Kier molecular flexibility index (Phi) is 52.4. The fraction of sp³-hybridized carbons (Fsp3) is 0.577. The zero-order valence-corrected chi connectivity index (χ0v) is 46.3. The van der Waals surface area contributed by atoms with Crippen molar-refractivity contribution in [2.24, 2.45) is 35.5 Å². The van der Waals surface area contributed by atoms with Crippen LogP contribution in [0, 0.1) is 140 Å². The van der Waals surface area contributed by atoms with E-state index in [9.17, 15) is 26.3 Å². The standard InChI is InChI=1S/2C8H8F2.2C8H9F.3C8H16.C8H10.7CH4/c2*1-5-3-7(9)6(2)8(10)4-5;2*1-6-3-4-7(2)8(9)5-6;4*1-7-3-5-8(2)6-4-7;;;;;;;/h2*3-4H,1-2H3;2*3-5H,1-2H3;3*7-8H,3-6H2,1-2H3;3-6H,1-2H3;7*1H4. The van der Waals surface area contributed by atoms with Gasteiger partial charge in [-0.25, -0.2) is 26.3 Å². The number of rotatable bonds is 0. The van der Waals surface area contributed by atoms with Crippen LogP contribution >= 0.6 is 0 Å². The zero-order valence-electron chi connectivity index (χ0n) is 46.3. The second-order valence-electron chi connectivity index (χ2n) is 21.5. The first-order valence-corrected chi connectivity index (χ1v) is 26.1. The van der Waals surface area contributed by atoms with Crippen LogP contribution in [0.3, 0.4) is 0 Å². The van der Waals surface area contributed by atoms with Crippen molar-refractivity contribution in [2.75, 3.05) is 0 Å². The van der Waals surface area contributed by atoms with E-state index in [2.05, 4.69) is 79.7 Å². The van der Waals surface area contributed by atoms with Gasteiger partial charge in [0.1, 0.15) is 34.9 Å². The maximum Gasteiger partial charge on any atom is 0.129 e. The molecule has 5 aromatic rings. The number of benzene rings is 5. The molecule has 446 valence electrons. The summed E-state index contributed by atoms with van der Waals surface area (Å²) in [5.41, 5.74) is 7.42. The van der Waals surface area contributed by atoms with Gasteiger partial charge in [0.25, 0.3) is 0 Å². The third-order valence-corrected chi connectivity index (χ3v) is 13.6. The molecule has 3 fully saturated rings. The molecular formula is C71H120F6. The minimum atomic E-state index is -0.475. The summed E-state index contributed by atoms with van der Waals surface area (Å²) in [7, 11) is 0. The van der Waals surface area contributed by atoms with Crippen LogP contribution in [0.25, 0.3) is 0 Å². The average Bonchev–Trinajstić information content (AvgIpc) is 3.30. The van der Waals surface area contributed by atoms with E-state index in [1.807, 2.05) is 26.0 Å². The molecule has 3 aliphatic carbocycles. The fourth-order valence-electron chi connectivity index (χ4n) is 7.86. The molecular weight excluding hydrogens is 967 g/mol. The normalized spacial score (nSPS) is 18.2. The molecule has 0 amide bonds. The first kappa shape index (κ1) is 86.6. The van der Waals surface area contributed by atoms with Crippen LogP contribution in [-0.2, 0) is 0 Å². The van der Waals surface area contributed by atoms with Crippen LogP contribution in [0.2, 0.25) is 0 Å². The lowest BCUT2D eigenvalue weighted by Gasteiger charge is -2.22. The molecule has 0 aromatic heterocycles. The van der Waals surface area contributed by atoms with Crippen LogP contribution in [0.1, 0.15) is 226 Å². The first-order chi connectivity index (χ1) is 32.8. The minimum Gasteiger partial charge on any atom is -0.207 e. The molecule has 0 heterocycles. The van der Waals surface area contributed by atoms with E-state index >= 15 is 0 Å². The maximum absolute atomic E-state index is 12.6. The van der Waals surface area contributed by atoms with Gasteiger partial charge in [-0.1, -0.05) is 230 Å². The third-order valence-electron chi connectivity index (χ3n) is 13.6. The Morgan fingerprint density at radius 2 is 0.390 bits per heavy atom. The molecule has 3 saturated carbocycles. The van der Waals surface area contributed by atoms with Gasteiger partial charge in [0.15, 0.2) is 0 Å². The average molecular weight is 1090 g/mol. The summed E-state index contributed by atoms with van der Waals surface area (Å²) >= 11 is 0. The summed E-state index contributed by atoms with van der Waals surface area (Å²) in [4.78, 5) is 0. The van der Waals surface area contributed by atoms with E-state index in [1.54, 1.807) is 39.8 Å². The van der Waals surface area contributed by atoms with Gasteiger partial charge in [-0.05, 0) is 175 Å². The van der Waals surface area contributed by atoms with E-state index < -0.39 is 23.3 Å². The third kappa shape index (κ3) is 39.7. The zero-order chi connectivity index (χ0) is 53.1. The highest BCUT2D eigenvalue weighted by molar-refractivity contribution is 5.25. The molecule has 3 aliphatic rings. The molecule has 0 aliphatic heterocycles. The Labute approximate surface area is 475 Å². The van der Waals surface area contributed by atoms with E-state index in [-0.39, 0.29) is 74.7 Å². The van der Waals surface area contributed by atoms with Crippen molar-refractivity contribution >= 4 is 0 Å². The summed E-state index contributed by atoms with van der Waals surface area (Å²) in [6.07, 6.45) is 17.7. The van der Waals surface area contributed by atoms with Gasteiger partial charge in [-0.15, -0.1) is 0 Å². The molecule has 0 bridgehead atoms. The van der Waals surface area contributed by atoms with Crippen LogP contribution in [0.5, 0.6) is 0 Å². The molecule has 5 aromatic carbocycles. The van der Waals surface area contributed by atoms with Crippen LogP contribution < -0.4 is 0 Å². The second kappa shape index (κ2) is 46.6. The largest absolute Gasteiger partial charge is 0.207 e. The molecule has 0 spiro atoms. The quantitative estimate of drug-likeness (QED) is 0.136. The molecule has 0 atom stereocenters. The van der Waals surface area contributed by atoms with E-state index in [1.165, 1.54) is 138 Å². The van der Waals surface area contributed by atoms with Crippen molar-refractivity contribution in [3.8, 4) is 0 Å². The second-order valence-corrected chi connectivity index (χ2v) is 21.5. The Balaban J connectivity index is -0.000000144. The highest BCUT2D eigenvalue weighted by Gasteiger charge is 2.15. The van der Waals surface area contributed by atoms with Crippen molar-refractivity contribution in [1.82, 2.24) is 0 Å². The number of hydrogen-bond acceptors (Lipinski definition) is 0. The lowest BCUT2D eigenvalue weighted by atomic mass is 9.84. The van der Waals surface area contributed by atoms with Crippen molar-refractivity contribution in [2.45, 2.75) is 240 Å². The van der Waals surface area contributed by atoms with Crippen molar-refractivity contribution in [1.29, 1.82) is 0 Å². The molecule has 8 rings (SSSR count). The minimum absolute atomic E-state index is 0. The van der Waals surface area contributed by atoms with Gasteiger partial charge >= 0.3 is 0 Å². The molecule has 0 unspecified atom stereocenters. The van der Waals surface area contributed by atoms with E-state index in [0.717, 1.165) is 46.6 Å². The van der Waals surface area contributed by atoms with Gasteiger partial charge in [0.2, 0.25) is 0 Å². The molecule has 77 heavy (non-hydrogen) atoms. The van der Waals surface area contributed by atoms with Gasteiger partial charge in [0, 0.05) is 11.1 Å². The van der Waals surface area contributed by atoms with Crippen LogP contribution in [0.15, 0.2) is 84.9 Å². The van der Waals surface area contributed by atoms with Gasteiger partial charge in [-0.3, -0.25) is 0 Å². The Morgan fingerprint density at radius 3 is 0.545 bits per heavy atom. The summed E-state index contributed by atoms with van der Waals surface area (Å²) in [5, 5.41) is 0. The van der Waals surface area contributed by atoms with Crippen molar-refractivity contribution < 1.29 is 26.3 Å². The van der Waals surface area contributed by atoms with Crippen LogP contribution in [0.4, 0.5) is 26.3 Å². The fourth-order valence-corrected chi connectivity index (χ4v) is 7.86. The lowest BCUT2D eigenvalue weighted by Crippen LogP contribution is -2.08. The SMILES string of the molecule is C.C.C.C.C.C.C.CC1CCC(C)CC1.CC1CCC(C)CC1.CC1CCC(C)CC1.Cc1cc(F)c(C)c(F)c1.Cc1cc(F)c(C)c(F)c1.Cc1ccc(C)c(F)c1.Cc1ccc(C)c(F)c1.Cc1ccc(C)cc1. The molecule has 0 saturated heterocycles. The first-order valence-electron chi connectivity index (χ1n) is 26.1. The molecule has 0 radical (unpaired) electrons. The van der Waals surface area contributed by atoms with Crippen molar-refractivity contribution in [3.05, 3.63) is 175 Å². The summed E-state index contributed by atoms with van der Waals surface area (Å²) in [6.45, 7) is 31.8. The Hall–Kier alpha value is -4.32. The highest BCUT2D eigenvalue weighted by Crippen LogP contribution is 2.29. The number of aryl methyl sites for hydroxylation is 8. The monoisotopic (exact) mass is 1090 g/mol. The van der Waals surface area contributed by atoms with Crippen molar-refractivity contribution in [3.63, 3.8) is 0 Å². The summed E-state index contributed by atoms with van der Waals surface area (Å²) in [6, 6.07) is 24.2. The van der Waals surface area contributed by atoms with E-state index in [4.69, 9.17) is 0 Å². The van der Waals surface area contributed by atoms with E-state index in [0.29, 0.717) is 22.3 Å². The van der Waals surface area contributed by atoms with Gasteiger partial charge in [0.05, 0.1) is 0 Å². The predicted molar refractivity (Wildman–Crippen MR) is 337 cm³/mol. The Bertz CT molecular complexity index is 1930. The Morgan fingerprint density at radius 1 is 0.234 bits per heavy atom. The number of hydrogen-bond donors (Lipinski definition) is 0. The molecule has 0 nitrogen and oxygen atoms in total.